The van der Waals surface area contributed by atoms with Crippen LogP contribution in [0.3, 0.4) is 0 Å². The van der Waals surface area contributed by atoms with Crippen molar-refractivity contribution < 1.29 is 9.13 Å². The zero-order valence-electron chi connectivity index (χ0n) is 12.9. The summed E-state index contributed by atoms with van der Waals surface area (Å²) in [5.74, 6) is 0.303. The fraction of sp³-hybridized carbons (Fsp3) is 0.333. The Morgan fingerprint density at radius 1 is 1.24 bits per heavy atom. The molecule has 2 nitrogen and oxygen atoms in total. The molecule has 2 rings (SSSR count). The Kier molecular flexibility index (Phi) is 4.84. The van der Waals surface area contributed by atoms with E-state index in [0.717, 1.165) is 29.9 Å². The second kappa shape index (κ2) is 6.61. The van der Waals surface area contributed by atoms with Gasteiger partial charge in [0.25, 0.3) is 0 Å². The highest BCUT2D eigenvalue weighted by Gasteiger charge is 2.20. The molecule has 0 amide bonds. The molecule has 0 N–H and O–H groups in total. The molecule has 0 aromatic heterocycles. The van der Waals surface area contributed by atoms with Gasteiger partial charge in [0.15, 0.2) is 0 Å². The van der Waals surface area contributed by atoms with Crippen LogP contribution in [-0.2, 0) is 0 Å². The summed E-state index contributed by atoms with van der Waals surface area (Å²) in [6.45, 7) is 11.5. The summed E-state index contributed by atoms with van der Waals surface area (Å²) in [7, 11) is 0. The standard InChI is InChI=1S/C18H22FNO/c1-5-11-21-15-8-9-16(17(19)12-15)18-10-7-13(3)14(4)20(18)6-2/h7-10,12H,4-6,11H2,1-3H3. The zero-order valence-corrected chi connectivity index (χ0v) is 12.9. The van der Waals surface area contributed by atoms with Crippen molar-refractivity contribution >= 4 is 5.70 Å². The van der Waals surface area contributed by atoms with Crippen molar-refractivity contribution in [2.24, 2.45) is 0 Å². The van der Waals surface area contributed by atoms with Crippen LogP contribution in [0.2, 0.25) is 0 Å². The molecule has 0 spiro atoms. The summed E-state index contributed by atoms with van der Waals surface area (Å²) in [5, 5.41) is 0. The van der Waals surface area contributed by atoms with Crippen molar-refractivity contribution in [3.8, 4) is 5.75 Å². The van der Waals surface area contributed by atoms with Gasteiger partial charge in [-0.05, 0) is 44.1 Å². The van der Waals surface area contributed by atoms with Gasteiger partial charge in [-0.3, -0.25) is 0 Å². The number of hydrogen-bond donors (Lipinski definition) is 0. The molecule has 0 bridgehead atoms. The summed E-state index contributed by atoms with van der Waals surface area (Å²) < 4.78 is 19.9. The minimum absolute atomic E-state index is 0.269. The van der Waals surface area contributed by atoms with Gasteiger partial charge in [0, 0.05) is 23.9 Å². The van der Waals surface area contributed by atoms with Crippen molar-refractivity contribution in [2.45, 2.75) is 27.2 Å². The first-order chi connectivity index (χ1) is 10.1. The molecule has 1 aromatic rings. The quantitative estimate of drug-likeness (QED) is 0.774. The molecular formula is C18H22FNO. The number of hydrogen-bond acceptors (Lipinski definition) is 2. The van der Waals surface area contributed by atoms with E-state index in [-0.39, 0.29) is 5.82 Å². The van der Waals surface area contributed by atoms with Gasteiger partial charge in [0.1, 0.15) is 11.6 Å². The van der Waals surface area contributed by atoms with Crippen LogP contribution in [0, 0.1) is 5.82 Å². The van der Waals surface area contributed by atoms with Gasteiger partial charge in [-0.2, -0.15) is 0 Å². The molecular weight excluding hydrogens is 265 g/mol. The van der Waals surface area contributed by atoms with Crippen LogP contribution in [-0.4, -0.2) is 18.1 Å². The summed E-state index contributed by atoms with van der Waals surface area (Å²) in [5.41, 5.74) is 3.43. The summed E-state index contributed by atoms with van der Waals surface area (Å²) >= 11 is 0. The summed E-state index contributed by atoms with van der Waals surface area (Å²) in [6.07, 6.45) is 4.82. The summed E-state index contributed by atoms with van der Waals surface area (Å²) in [6, 6.07) is 5.04. The first-order valence-electron chi connectivity index (χ1n) is 7.36. The fourth-order valence-corrected chi connectivity index (χ4v) is 2.36. The first kappa shape index (κ1) is 15.4. The third-order valence-corrected chi connectivity index (χ3v) is 3.57. The maximum absolute atomic E-state index is 14.4. The Hall–Kier alpha value is -2.03. The maximum atomic E-state index is 14.4. The third kappa shape index (κ3) is 3.18. The molecule has 1 heterocycles. The number of nitrogens with zero attached hydrogens (tertiary/aromatic N) is 1. The van der Waals surface area contributed by atoms with E-state index in [1.54, 1.807) is 6.07 Å². The lowest BCUT2D eigenvalue weighted by Crippen LogP contribution is -2.23. The van der Waals surface area contributed by atoms with E-state index in [4.69, 9.17) is 4.74 Å². The molecule has 0 atom stereocenters. The molecule has 1 aliphatic heterocycles. The normalized spacial score (nSPS) is 14.9. The lowest BCUT2D eigenvalue weighted by molar-refractivity contribution is 0.315. The van der Waals surface area contributed by atoms with E-state index in [0.29, 0.717) is 17.9 Å². The Labute approximate surface area is 126 Å². The van der Waals surface area contributed by atoms with Crippen molar-refractivity contribution in [1.82, 2.24) is 4.90 Å². The molecule has 0 saturated heterocycles. The average molecular weight is 287 g/mol. The topological polar surface area (TPSA) is 12.5 Å². The second-order valence-corrected chi connectivity index (χ2v) is 5.08. The smallest absolute Gasteiger partial charge is 0.136 e. The van der Waals surface area contributed by atoms with Gasteiger partial charge in [-0.1, -0.05) is 19.6 Å². The van der Waals surface area contributed by atoms with Crippen LogP contribution >= 0.6 is 0 Å². The van der Waals surface area contributed by atoms with Crippen LogP contribution < -0.4 is 4.74 Å². The Bertz CT molecular complexity index is 601. The van der Waals surface area contributed by atoms with Crippen LogP contribution in [0.25, 0.3) is 5.70 Å². The molecule has 0 unspecified atom stereocenters. The van der Waals surface area contributed by atoms with E-state index >= 15 is 0 Å². The number of likely N-dealkylation sites (N-methyl/N-ethyl adjacent to an activating group) is 1. The molecule has 3 heteroatoms. The zero-order chi connectivity index (χ0) is 15.4. The molecule has 1 aromatic carbocycles. The van der Waals surface area contributed by atoms with Crippen molar-refractivity contribution in [2.75, 3.05) is 13.2 Å². The third-order valence-electron chi connectivity index (χ3n) is 3.57. The van der Waals surface area contributed by atoms with Crippen molar-refractivity contribution in [3.05, 3.63) is 59.6 Å². The molecule has 1 aliphatic rings. The number of halogens is 1. The van der Waals surface area contributed by atoms with Crippen LogP contribution in [0.5, 0.6) is 5.75 Å². The van der Waals surface area contributed by atoms with Gasteiger partial charge >= 0.3 is 0 Å². The van der Waals surface area contributed by atoms with E-state index in [1.165, 1.54) is 6.07 Å². The fourth-order valence-electron chi connectivity index (χ4n) is 2.36. The monoisotopic (exact) mass is 287 g/mol. The highest BCUT2D eigenvalue weighted by molar-refractivity contribution is 5.71. The van der Waals surface area contributed by atoms with Crippen molar-refractivity contribution in [1.29, 1.82) is 0 Å². The van der Waals surface area contributed by atoms with Gasteiger partial charge in [0.05, 0.1) is 12.3 Å². The van der Waals surface area contributed by atoms with Crippen LogP contribution in [0.15, 0.2) is 48.2 Å². The van der Waals surface area contributed by atoms with E-state index in [1.807, 2.05) is 43.9 Å². The van der Waals surface area contributed by atoms with Crippen LogP contribution in [0.1, 0.15) is 32.8 Å². The highest BCUT2D eigenvalue weighted by Crippen LogP contribution is 2.32. The first-order valence-corrected chi connectivity index (χ1v) is 7.36. The van der Waals surface area contributed by atoms with Gasteiger partial charge in [-0.15, -0.1) is 0 Å². The molecule has 0 fully saturated rings. The lowest BCUT2D eigenvalue weighted by Gasteiger charge is -2.31. The molecule has 0 radical (unpaired) electrons. The van der Waals surface area contributed by atoms with Crippen molar-refractivity contribution in [3.63, 3.8) is 0 Å². The van der Waals surface area contributed by atoms with E-state index in [9.17, 15) is 4.39 Å². The number of benzene rings is 1. The largest absolute Gasteiger partial charge is 0.494 e. The van der Waals surface area contributed by atoms with Gasteiger partial charge < -0.3 is 9.64 Å². The SMILES string of the molecule is C=C1C(C)=CC=C(c2ccc(OCCC)cc2F)N1CC. The van der Waals surface area contributed by atoms with Crippen LogP contribution in [0.4, 0.5) is 4.39 Å². The minimum Gasteiger partial charge on any atom is -0.494 e. The van der Waals surface area contributed by atoms with E-state index < -0.39 is 0 Å². The summed E-state index contributed by atoms with van der Waals surface area (Å²) in [4.78, 5) is 2.03. The molecule has 0 aliphatic carbocycles. The molecule has 0 saturated carbocycles. The number of ether oxygens (including phenoxy) is 1. The molecule has 112 valence electrons. The Morgan fingerprint density at radius 3 is 2.62 bits per heavy atom. The van der Waals surface area contributed by atoms with E-state index in [2.05, 4.69) is 6.58 Å². The Balaban J connectivity index is 2.35. The predicted molar refractivity (Wildman–Crippen MR) is 85.4 cm³/mol. The maximum Gasteiger partial charge on any atom is 0.136 e. The minimum atomic E-state index is -0.269. The Morgan fingerprint density at radius 2 is 2.00 bits per heavy atom. The highest BCUT2D eigenvalue weighted by atomic mass is 19.1. The number of rotatable bonds is 5. The van der Waals surface area contributed by atoms with Gasteiger partial charge in [0.2, 0.25) is 0 Å². The number of allylic oxidation sites excluding steroid dienone is 3. The van der Waals surface area contributed by atoms with Gasteiger partial charge in [-0.25, -0.2) is 4.39 Å². The average Bonchev–Trinajstić information content (AvgIpc) is 2.48. The predicted octanol–water partition coefficient (Wildman–Crippen LogP) is 4.75. The molecule has 21 heavy (non-hydrogen) atoms. The second-order valence-electron chi connectivity index (χ2n) is 5.08. The lowest BCUT2D eigenvalue weighted by atomic mass is 10.0.